The van der Waals surface area contributed by atoms with E-state index in [-0.39, 0.29) is 11.6 Å². The smallest absolute Gasteiger partial charge is 0.243 e. The van der Waals surface area contributed by atoms with E-state index in [1.54, 1.807) is 23.1 Å². The molecule has 0 saturated carbocycles. The molecule has 0 bridgehead atoms. The maximum absolute atomic E-state index is 13.7. The molecule has 0 spiro atoms. The molecule has 1 N–H and O–H groups in total. The molecular formula is C12H13ClFN3O2S. The molecule has 0 radical (unpaired) electrons. The minimum Gasteiger partial charge on any atom is -0.273 e. The summed E-state index contributed by atoms with van der Waals surface area (Å²) in [5.74, 6) is -0.936. The van der Waals surface area contributed by atoms with Crippen LogP contribution in [0.5, 0.6) is 0 Å². The molecule has 0 aliphatic carbocycles. The zero-order valence-corrected chi connectivity index (χ0v) is 12.0. The number of benzene rings is 1. The van der Waals surface area contributed by atoms with Crippen LogP contribution in [0.4, 0.5) is 4.39 Å². The van der Waals surface area contributed by atoms with E-state index in [0.29, 0.717) is 13.0 Å². The van der Waals surface area contributed by atoms with Crippen LogP contribution in [0.1, 0.15) is 6.42 Å². The highest BCUT2D eigenvalue weighted by Gasteiger charge is 2.19. The fraction of sp³-hybridized carbons (Fsp3) is 0.250. The molecule has 0 saturated heterocycles. The van der Waals surface area contributed by atoms with Crippen LogP contribution in [0.3, 0.4) is 0 Å². The van der Waals surface area contributed by atoms with Crippen molar-refractivity contribution in [2.24, 2.45) is 0 Å². The van der Waals surface area contributed by atoms with Crippen LogP contribution in [0.25, 0.3) is 0 Å². The second kappa shape index (κ2) is 6.34. The Morgan fingerprint density at radius 2 is 2.15 bits per heavy atom. The van der Waals surface area contributed by atoms with Crippen molar-refractivity contribution >= 4 is 21.6 Å². The third-order valence-corrected chi connectivity index (χ3v) is 4.39. The summed E-state index contributed by atoms with van der Waals surface area (Å²) < 4.78 is 41.6. The minimum absolute atomic E-state index is 0.189. The van der Waals surface area contributed by atoms with Gasteiger partial charge in [-0.05, 0) is 24.6 Å². The lowest BCUT2D eigenvalue weighted by Gasteiger charge is -2.08. The van der Waals surface area contributed by atoms with Gasteiger partial charge in [0.05, 0.1) is 5.02 Å². The summed E-state index contributed by atoms with van der Waals surface area (Å²) in [6.45, 7) is 0.766. The largest absolute Gasteiger partial charge is 0.273 e. The summed E-state index contributed by atoms with van der Waals surface area (Å²) in [7, 11) is -3.89. The molecule has 1 aromatic heterocycles. The number of aromatic nitrogens is 2. The predicted molar refractivity (Wildman–Crippen MR) is 73.4 cm³/mol. The molecule has 5 nitrogen and oxygen atoms in total. The third-order valence-electron chi connectivity index (χ3n) is 2.62. The van der Waals surface area contributed by atoms with Gasteiger partial charge >= 0.3 is 0 Å². The van der Waals surface area contributed by atoms with Gasteiger partial charge in [-0.3, -0.25) is 4.68 Å². The van der Waals surface area contributed by atoms with Gasteiger partial charge in [-0.25, -0.2) is 17.5 Å². The molecule has 108 valence electrons. The van der Waals surface area contributed by atoms with Crippen molar-refractivity contribution in [1.29, 1.82) is 0 Å². The summed E-state index contributed by atoms with van der Waals surface area (Å²) in [6, 6.07) is 5.65. The third kappa shape index (κ3) is 3.56. The molecule has 0 amide bonds. The number of aryl methyl sites for hydroxylation is 1. The molecular weight excluding hydrogens is 305 g/mol. The Kier molecular flexibility index (Phi) is 4.74. The molecule has 8 heteroatoms. The lowest BCUT2D eigenvalue weighted by molar-refractivity contribution is 0.542. The zero-order valence-electron chi connectivity index (χ0n) is 10.5. The van der Waals surface area contributed by atoms with E-state index in [2.05, 4.69) is 9.82 Å². The van der Waals surface area contributed by atoms with Gasteiger partial charge in [0.25, 0.3) is 0 Å². The van der Waals surface area contributed by atoms with E-state index >= 15 is 0 Å². The van der Waals surface area contributed by atoms with Gasteiger partial charge in [0.2, 0.25) is 10.0 Å². The number of halogens is 2. The van der Waals surface area contributed by atoms with Crippen LogP contribution in [0.15, 0.2) is 41.6 Å². The molecule has 0 aliphatic rings. The highest BCUT2D eigenvalue weighted by molar-refractivity contribution is 7.89. The lowest BCUT2D eigenvalue weighted by Crippen LogP contribution is -2.26. The van der Waals surface area contributed by atoms with Crippen LogP contribution in [-0.2, 0) is 16.6 Å². The summed E-state index contributed by atoms with van der Waals surface area (Å²) in [5.41, 5.74) is 0. The summed E-state index contributed by atoms with van der Waals surface area (Å²) in [4.78, 5) is -0.441. The Morgan fingerprint density at radius 1 is 1.35 bits per heavy atom. The Balaban J connectivity index is 1.95. The zero-order chi connectivity index (χ0) is 14.6. The second-order valence-corrected chi connectivity index (χ2v) is 6.21. The van der Waals surface area contributed by atoms with Crippen molar-refractivity contribution in [3.63, 3.8) is 0 Å². The molecule has 1 heterocycles. The lowest BCUT2D eigenvalue weighted by atomic mass is 10.3. The van der Waals surface area contributed by atoms with Crippen LogP contribution in [0, 0.1) is 5.82 Å². The van der Waals surface area contributed by atoms with Gasteiger partial charge in [0, 0.05) is 25.5 Å². The summed E-state index contributed by atoms with van der Waals surface area (Å²) in [5, 5.41) is 3.78. The van der Waals surface area contributed by atoms with Gasteiger partial charge in [-0.15, -0.1) is 0 Å². The minimum atomic E-state index is -3.89. The van der Waals surface area contributed by atoms with Crippen molar-refractivity contribution < 1.29 is 12.8 Å². The van der Waals surface area contributed by atoms with Crippen molar-refractivity contribution in [1.82, 2.24) is 14.5 Å². The molecule has 2 rings (SSSR count). The van der Waals surface area contributed by atoms with Gasteiger partial charge in [0.15, 0.2) is 5.82 Å². The van der Waals surface area contributed by atoms with E-state index in [9.17, 15) is 12.8 Å². The number of hydrogen-bond acceptors (Lipinski definition) is 3. The number of nitrogens with zero attached hydrogens (tertiary/aromatic N) is 2. The highest BCUT2D eigenvalue weighted by atomic mass is 35.5. The summed E-state index contributed by atoms with van der Waals surface area (Å²) in [6.07, 6.45) is 3.97. The SMILES string of the molecule is O=S(=O)(NCCCn1cccn1)c1cccc(Cl)c1F. The van der Waals surface area contributed by atoms with Gasteiger partial charge < -0.3 is 0 Å². The van der Waals surface area contributed by atoms with Crippen molar-refractivity contribution in [3.05, 3.63) is 47.5 Å². The first-order chi connectivity index (χ1) is 9.50. The van der Waals surface area contributed by atoms with Gasteiger partial charge in [0.1, 0.15) is 4.90 Å². The van der Waals surface area contributed by atoms with Crippen molar-refractivity contribution in [2.45, 2.75) is 17.9 Å². The van der Waals surface area contributed by atoms with Crippen LogP contribution in [-0.4, -0.2) is 24.7 Å². The fourth-order valence-electron chi connectivity index (χ4n) is 1.65. The predicted octanol–water partition coefficient (Wildman–Crippen LogP) is 2.04. The Bertz CT molecular complexity index is 674. The first kappa shape index (κ1) is 15.0. The molecule has 2 aromatic rings. The first-order valence-electron chi connectivity index (χ1n) is 5.92. The van der Waals surface area contributed by atoms with Crippen LogP contribution in [0.2, 0.25) is 5.02 Å². The number of nitrogens with one attached hydrogen (secondary N) is 1. The topological polar surface area (TPSA) is 64.0 Å². The Morgan fingerprint density at radius 3 is 2.85 bits per heavy atom. The van der Waals surface area contributed by atoms with Gasteiger partial charge in [-0.1, -0.05) is 17.7 Å². The number of rotatable bonds is 6. The van der Waals surface area contributed by atoms with Crippen LogP contribution < -0.4 is 4.72 Å². The molecule has 0 unspecified atom stereocenters. The van der Waals surface area contributed by atoms with E-state index in [4.69, 9.17) is 11.6 Å². The number of sulfonamides is 1. The summed E-state index contributed by atoms with van der Waals surface area (Å²) >= 11 is 5.57. The number of hydrogen-bond donors (Lipinski definition) is 1. The maximum Gasteiger partial charge on any atom is 0.243 e. The molecule has 0 aliphatic heterocycles. The monoisotopic (exact) mass is 317 g/mol. The molecule has 0 atom stereocenters. The Hall–Kier alpha value is -1.44. The highest BCUT2D eigenvalue weighted by Crippen LogP contribution is 2.21. The molecule has 20 heavy (non-hydrogen) atoms. The normalized spacial score (nSPS) is 11.7. The van der Waals surface area contributed by atoms with Gasteiger partial charge in [-0.2, -0.15) is 5.10 Å². The van der Waals surface area contributed by atoms with Crippen molar-refractivity contribution in [2.75, 3.05) is 6.54 Å². The van der Waals surface area contributed by atoms with E-state index in [1.807, 2.05) is 0 Å². The standard InChI is InChI=1S/C12H13ClFN3O2S/c13-10-4-1-5-11(12(10)14)20(18,19)16-7-3-9-17-8-2-6-15-17/h1-2,4-6,8,16H,3,7,9H2. The van der Waals surface area contributed by atoms with E-state index < -0.39 is 20.7 Å². The average molecular weight is 318 g/mol. The molecule has 0 fully saturated rings. The quantitative estimate of drug-likeness (QED) is 0.829. The first-order valence-corrected chi connectivity index (χ1v) is 7.78. The van der Waals surface area contributed by atoms with Crippen LogP contribution >= 0.6 is 11.6 Å². The maximum atomic E-state index is 13.7. The van der Waals surface area contributed by atoms with E-state index in [0.717, 1.165) is 0 Å². The average Bonchev–Trinajstić information content (AvgIpc) is 2.91. The second-order valence-electron chi connectivity index (χ2n) is 4.07. The fourth-order valence-corrected chi connectivity index (χ4v) is 3.05. The Labute approximate surface area is 121 Å². The molecule has 1 aromatic carbocycles. The van der Waals surface area contributed by atoms with E-state index in [1.165, 1.54) is 18.2 Å². The van der Waals surface area contributed by atoms with Crippen molar-refractivity contribution in [3.8, 4) is 0 Å².